The Hall–Kier alpha value is -1.000. The van der Waals surface area contributed by atoms with Crippen LogP contribution in [0.1, 0.15) is 54.4 Å². The third-order valence-corrected chi connectivity index (χ3v) is 5.47. The molecule has 20 heavy (non-hydrogen) atoms. The van der Waals surface area contributed by atoms with Gasteiger partial charge in [-0.2, -0.15) is 0 Å². The molecule has 3 nitrogen and oxygen atoms in total. The van der Waals surface area contributed by atoms with Crippen LogP contribution in [-0.2, 0) is 4.79 Å². The van der Waals surface area contributed by atoms with E-state index in [0.717, 1.165) is 10.6 Å². The Morgan fingerprint density at radius 2 is 2.00 bits per heavy atom. The average molecular weight is 309 g/mol. The Kier molecular flexibility index (Phi) is 4.03. The van der Waals surface area contributed by atoms with Crippen molar-refractivity contribution in [1.29, 1.82) is 5.41 Å². The van der Waals surface area contributed by atoms with Gasteiger partial charge in [-0.25, -0.2) is 0 Å². The molecule has 1 saturated heterocycles. The molecule has 1 saturated carbocycles. The van der Waals surface area contributed by atoms with Gasteiger partial charge in [-0.05, 0) is 36.0 Å². The van der Waals surface area contributed by atoms with E-state index < -0.39 is 0 Å². The molecule has 1 aliphatic heterocycles. The monoisotopic (exact) mass is 308 g/mol. The van der Waals surface area contributed by atoms with Crippen LogP contribution in [0.2, 0.25) is 5.02 Å². The van der Waals surface area contributed by atoms with Crippen molar-refractivity contribution in [2.24, 2.45) is 0 Å². The van der Waals surface area contributed by atoms with Crippen molar-refractivity contribution in [3.8, 4) is 0 Å². The van der Waals surface area contributed by atoms with Gasteiger partial charge in [0, 0.05) is 5.02 Å². The maximum Gasteiger partial charge on any atom is 0.244 e. The highest BCUT2D eigenvalue weighted by atomic mass is 35.5. The lowest BCUT2D eigenvalue weighted by molar-refractivity contribution is -0.118. The minimum absolute atomic E-state index is 0.124. The van der Waals surface area contributed by atoms with E-state index in [1.165, 1.54) is 49.4 Å². The normalized spacial score (nSPS) is 23.9. The molecule has 5 heteroatoms. The number of amides is 1. The Morgan fingerprint density at radius 3 is 2.60 bits per heavy atom. The number of nitrogens with one attached hydrogen (secondary N) is 2. The van der Waals surface area contributed by atoms with Gasteiger partial charge in [-0.15, -0.1) is 0 Å². The third kappa shape index (κ3) is 2.72. The van der Waals surface area contributed by atoms with Crippen molar-refractivity contribution in [3.05, 3.63) is 34.3 Å². The molecule has 106 valence electrons. The average Bonchev–Trinajstić information content (AvgIpc) is 2.78. The number of hydrogen-bond acceptors (Lipinski definition) is 3. The number of carbonyl (C=O) groups excluding carboxylic acids is 1. The molecule has 0 aromatic heterocycles. The zero-order valence-electron chi connectivity index (χ0n) is 11.1. The molecular formula is C15H17ClN2OS. The molecule has 1 aromatic carbocycles. The predicted molar refractivity (Wildman–Crippen MR) is 83.5 cm³/mol. The van der Waals surface area contributed by atoms with Crippen LogP contribution in [0.25, 0.3) is 0 Å². The standard InChI is InChI=1S/C15H17ClN2OS/c16-12-8-10(13-14(19)18-15(17)20-13)6-7-11(12)9-4-2-1-3-5-9/h6-9,13H,1-5H2,(H2,17,18,19). The lowest BCUT2D eigenvalue weighted by Crippen LogP contribution is -2.21. The molecule has 1 aromatic rings. The Balaban J connectivity index is 1.83. The minimum atomic E-state index is -0.333. The van der Waals surface area contributed by atoms with Gasteiger partial charge in [-0.3, -0.25) is 10.2 Å². The van der Waals surface area contributed by atoms with Gasteiger partial charge in [-0.1, -0.05) is 54.8 Å². The first-order valence-corrected chi connectivity index (χ1v) is 8.26. The molecule has 1 aliphatic carbocycles. The van der Waals surface area contributed by atoms with E-state index in [9.17, 15) is 4.79 Å². The summed E-state index contributed by atoms with van der Waals surface area (Å²) in [4.78, 5) is 11.8. The molecule has 1 amide bonds. The fourth-order valence-electron chi connectivity index (χ4n) is 3.05. The summed E-state index contributed by atoms with van der Waals surface area (Å²) < 4.78 is 0. The van der Waals surface area contributed by atoms with E-state index in [0.29, 0.717) is 5.92 Å². The third-order valence-electron chi connectivity index (χ3n) is 4.08. The first-order chi connectivity index (χ1) is 9.65. The second-order valence-corrected chi connectivity index (χ2v) is 6.95. The van der Waals surface area contributed by atoms with Gasteiger partial charge in [0.25, 0.3) is 0 Å². The molecule has 2 N–H and O–H groups in total. The molecule has 2 aliphatic rings. The summed E-state index contributed by atoms with van der Waals surface area (Å²) in [7, 11) is 0. The number of carbonyl (C=O) groups is 1. The maximum atomic E-state index is 11.8. The first-order valence-electron chi connectivity index (χ1n) is 7.00. The highest BCUT2D eigenvalue weighted by Crippen LogP contribution is 2.40. The largest absolute Gasteiger partial charge is 0.304 e. The van der Waals surface area contributed by atoms with E-state index in [2.05, 4.69) is 11.4 Å². The van der Waals surface area contributed by atoms with Crippen molar-refractivity contribution >= 4 is 34.4 Å². The fourth-order valence-corrected chi connectivity index (χ4v) is 4.24. The Labute approximate surface area is 128 Å². The van der Waals surface area contributed by atoms with Crippen LogP contribution in [0, 0.1) is 5.41 Å². The summed E-state index contributed by atoms with van der Waals surface area (Å²) in [5.74, 6) is 0.440. The van der Waals surface area contributed by atoms with Crippen LogP contribution < -0.4 is 5.32 Å². The number of rotatable bonds is 2. The SMILES string of the molecule is N=C1NC(=O)C(c2ccc(C3CCCCC3)c(Cl)c2)S1. The van der Waals surface area contributed by atoms with Crippen LogP contribution in [-0.4, -0.2) is 11.1 Å². The molecule has 2 fully saturated rings. The van der Waals surface area contributed by atoms with Gasteiger partial charge < -0.3 is 5.32 Å². The van der Waals surface area contributed by atoms with E-state index in [1.807, 2.05) is 12.1 Å². The van der Waals surface area contributed by atoms with E-state index >= 15 is 0 Å². The number of halogens is 1. The molecule has 1 atom stereocenters. The molecule has 0 radical (unpaired) electrons. The first kappa shape index (κ1) is 14.0. The molecule has 0 bridgehead atoms. The van der Waals surface area contributed by atoms with Crippen molar-refractivity contribution in [3.63, 3.8) is 0 Å². The summed E-state index contributed by atoms with van der Waals surface area (Å²) in [5.41, 5.74) is 2.10. The Morgan fingerprint density at radius 1 is 1.25 bits per heavy atom. The van der Waals surface area contributed by atoms with Gasteiger partial charge in [0.15, 0.2) is 5.17 Å². The topological polar surface area (TPSA) is 53.0 Å². The lowest BCUT2D eigenvalue weighted by atomic mass is 9.84. The number of amidine groups is 1. The van der Waals surface area contributed by atoms with E-state index in [1.54, 1.807) is 0 Å². The number of benzene rings is 1. The van der Waals surface area contributed by atoms with Gasteiger partial charge in [0.1, 0.15) is 5.25 Å². The zero-order valence-corrected chi connectivity index (χ0v) is 12.7. The van der Waals surface area contributed by atoms with E-state index in [4.69, 9.17) is 17.0 Å². The van der Waals surface area contributed by atoms with Crippen LogP contribution in [0.3, 0.4) is 0 Å². The summed E-state index contributed by atoms with van der Waals surface area (Å²) in [6, 6.07) is 5.97. The molecule has 0 spiro atoms. The van der Waals surface area contributed by atoms with Crippen LogP contribution in [0.15, 0.2) is 18.2 Å². The van der Waals surface area contributed by atoms with Crippen molar-refractivity contribution in [1.82, 2.24) is 5.32 Å². The highest BCUT2D eigenvalue weighted by molar-refractivity contribution is 8.15. The predicted octanol–water partition coefficient (Wildman–Crippen LogP) is 4.23. The highest BCUT2D eigenvalue weighted by Gasteiger charge is 2.31. The number of hydrogen-bond donors (Lipinski definition) is 2. The van der Waals surface area contributed by atoms with Crippen molar-refractivity contribution in [2.75, 3.05) is 0 Å². The second-order valence-electron chi connectivity index (χ2n) is 5.43. The minimum Gasteiger partial charge on any atom is -0.304 e. The molecule has 1 unspecified atom stereocenters. The van der Waals surface area contributed by atoms with Crippen molar-refractivity contribution < 1.29 is 4.79 Å². The quantitative estimate of drug-likeness (QED) is 0.859. The fraction of sp³-hybridized carbons (Fsp3) is 0.467. The van der Waals surface area contributed by atoms with Crippen LogP contribution in [0.4, 0.5) is 0 Å². The smallest absolute Gasteiger partial charge is 0.244 e. The molecule has 1 heterocycles. The van der Waals surface area contributed by atoms with E-state index in [-0.39, 0.29) is 16.3 Å². The summed E-state index contributed by atoms with van der Waals surface area (Å²) in [6.07, 6.45) is 6.31. The second kappa shape index (κ2) is 5.78. The van der Waals surface area contributed by atoms with Gasteiger partial charge in [0.2, 0.25) is 5.91 Å². The van der Waals surface area contributed by atoms with Crippen LogP contribution >= 0.6 is 23.4 Å². The lowest BCUT2D eigenvalue weighted by Gasteiger charge is -2.23. The van der Waals surface area contributed by atoms with Crippen LogP contribution in [0.5, 0.6) is 0 Å². The van der Waals surface area contributed by atoms with Gasteiger partial charge in [0.05, 0.1) is 0 Å². The number of thioether (sulfide) groups is 1. The van der Waals surface area contributed by atoms with Gasteiger partial charge >= 0.3 is 0 Å². The molecular weight excluding hydrogens is 292 g/mol. The van der Waals surface area contributed by atoms with Crippen molar-refractivity contribution in [2.45, 2.75) is 43.3 Å². The summed E-state index contributed by atoms with van der Waals surface area (Å²) in [5, 5.41) is 10.7. The maximum absolute atomic E-state index is 11.8. The summed E-state index contributed by atoms with van der Waals surface area (Å²) in [6.45, 7) is 0. The summed E-state index contributed by atoms with van der Waals surface area (Å²) >= 11 is 7.67. The molecule has 3 rings (SSSR count). The zero-order chi connectivity index (χ0) is 14.1. The Bertz CT molecular complexity index is 555.